The zero-order valence-corrected chi connectivity index (χ0v) is 34.1. The van der Waals surface area contributed by atoms with Gasteiger partial charge in [0.05, 0.1) is 11.5 Å². The Morgan fingerprint density at radius 1 is 0.790 bits per heavy atom. The Morgan fingerprint density at radius 2 is 1.44 bits per heavy atom. The molecule has 2 aromatic carbocycles. The van der Waals surface area contributed by atoms with Crippen LogP contribution in [0.25, 0.3) is 0 Å². The molecule has 1 aliphatic heterocycles. The van der Waals surface area contributed by atoms with Crippen molar-refractivity contribution >= 4 is 64.9 Å². The predicted octanol–water partition coefficient (Wildman–Crippen LogP) is 0.276. The summed E-state index contributed by atoms with van der Waals surface area (Å²) in [5.41, 5.74) is 5.76. The third kappa shape index (κ3) is 16.7. The molecule has 0 saturated heterocycles. The molecule has 23 nitrogen and oxygen atoms in total. The van der Waals surface area contributed by atoms with Crippen LogP contribution in [0.2, 0.25) is 0 Å². The van der Waals surface area contributed by atoms with Crippen LogP contribution < -0.4 is 42.4 Å². The minimum Gasteiger partial charge on any atom is -0.429 e. The Hall–Kier alpha value is -7.43. The lowest BCUT2D eigenvalue weighted by Gasteiger charge is -2.27. The smallest absolute Gasteiger partial charge is 0.429 e. The second-order valence-corrected chi connectivity index (χ2v) is 13.9. The van der Waals surface area contributed by atoms with Crippen LogP contribution in [0.5, 0.6) is 5.75 Å². The zero-order chi connectivity index (χ0) is 45.8. The number of carbonyl (C=O) groups is 9. The highest BCUT2D eigenvalue weighted by atomic mass is 16.7. The summed E-state index contributed by atoms with van der Waals surface area (Å²) in [6, 6.07) is 6.26. The van der Waals surface area contributed by atoms with E-state index in [1.165, 1.54) is 31.4 Å². The van der Waals surface area contributed by atoms with Gasteiger partial charge in [-0.25, -0.2) is 9.59 Å². The Morgan fingerprint density at radius 3 is 2.03 bits per heavy atom. The van der Waals surface area contributed by atoms with E-state index in [0.29, 0.717) is 10.5 Å². The van der Waals surface area contributed by atoms with E-state index >= 15 is 0 Å². The summed E-state index contributed by atoms with van der Waals surface area (Å²) in [4.78, 5) is 124. The monoisotopic (exact) mass is 867 g/mol. The first kappa shape index (κ1) is 48.9. The quantitative estimate of drug-likeness (QED) is 0.0186. The molecule has 0 spiro atoms. The number of primary amides is 1. The van der Waals surface area contributed by atoms with Crippen molar-refractivity contribution in [2.24, 2.45) is 11.7 Å². The molecule has 0 radical (unpaired) electrons. The highest BCUT2D eigenvalue weighted by molar-refractivity contribution is 6.14. The molecule has 0 saturated carbocycles. The molecule has 1 heterocycles. The summed E-state index contributed by atoms with van der Waals surface area (Å²) in [6.07, 6.45) is 0.988. The van der Waals surface area contributed by atoms with E-state index in [9.17, 15) is 53.3 Å². The van der Waals surface area contributed by atoms with Gasteiger partial charge in [0.25, 0.3) is 17.5 Å². The fourth-order valence-corrected chi connectivity index (χ4v) is 5.53. The first-order chi connectivity index (χ1) is 29.5. The molecule has 0 bridgehead atoms. The highest BCUT2D eigenvalue weighted by Gasteiger charge is 2.33. The SMILES string of the molecule is COCCC(=O)NCC[C@H](NC(=O)CN1C(=O)C=CC1=O)C(=O)N[C@H](C(=O)NC(CCCNC(N)=O)C(=O)Nc1ccc(COC(=O)Oc2ccc([N+](=O)[O-])cc2)cc1)C(C)C. The average molecular weight is 868 g/mol. The van der Waals surface area contributed by atoms with Gasteiger partial charge in [-0.15, -0.1) is 0 Å². The summed E-state index contributed by atoms with van der Waals surface area (Å²) in [5.74, 6) is -5.53. The van der Waals surface area contributed by atoms with Crippen LogP contribution in [-0.2, 0) is 49.6 Å². The number of methoxy groups -OCH3 is 1. The van der Waals surface area contributed by atoms with E-state index in [1.54, 1.807) is 26.0 Å². The molecule has 2 aromatic rings. The van der Waals surface area contributed by atoms with Crippen molar-refractivity contribution in [3.05, 3.63) is 76.4 Å². The summed E-state index contributed by atoms with van der Waals surface area (Å²) >= 11 is 0. The fourth-order valence-electron chi connectivity index (χ4n) is 5.53. The van der Waals surface area contributed by atoms with Crippen LogP contribution >= 0.6 is 0 Å². The number of urea groups is 1. The molecule has 1 unspecified atom stereocenters. The van der Waals surface area contributed by atoms with Crippen LogP contribution in [0.1, 0.15) is 45.1 Å². The van der Waals surface area contributed by atoms with Crippen LogP contribution in [0.4, 0.5) is 21.0 Å². The van der Waals surface area contributed by atoms with Crippen molar-refractivity contribution in [3.63, 3.8) is 0 Å². The van der Waals surface area contributed by atoms with Gasteiger partial charge in [0.2, 0.25) is 29.5 Å². The number of ether oxygens (including phenoxy) is 3. The third-order valence-corrected chi connectivity index (χ3v) is 8.82. The lowest BCUT2D eigenvalue weighted by Crippen LogP contribution is -2.58. The minimum absolute atomic E-state index is 0.00363. The van der Waals surface area contributed by atoms with Crippen LogP contribution in [0.3, 0.4) is 0 Å². The summed E-state index contributed by atoms with van der Waals surface area (Å²) in [6.45, 7) is 2.44. The van der Waals surface area contributed by atoms with Gasteiger partial charge in [-0.05, 0) is 55.0 Å². The van der Waals surface area contributed by atoms with Gasteiger partial charge in [0.15, 0.2) is 0 Å². The Balaban J connectivity index is 1.68. The number of rotatable bonds is 24. The normalized spacial score (nSPS) is 13.3. The molecule has 0 fully saturated rings. The number of benzene rings is 2. The number of nitro groups is 1. The number of hydrogen-bond donors (Lipinski definition) is 7. The fraction of sp³-hybridized carbons (Fsp3) is 0.410. The van der Waals surface area contributed by atoms with Crippen molar-refractivity contribution in [2.75, 3.05) is 38.7 Å². The molecule has 62 heavy (non-hydrogen) atoms. The standard InChI is InChI=1S/C39H49N9O14/c1-23(2)34(46-36(54)29(16-19-41-30(49)17-20-60-3)44-31(50)21-47-32(51)14-15-33(47)52)37(55)45-28(5-4-18-42-38(40)56)35(53)43-25-8-6-24(7-9-25)22-61-39(57)62-27-12-10-26(11-13-27)48(58)59/h6-15,23,28-29,34H,4-5,16-22H2,1-3H3,(H,41,49)(H,43,53)(H,44,50)(H,45,55)(H,46,54)(H3,40,42,56)/t28?,29-,34-/m0/s1. The van der Waals surface area contributed by atoms with E-state index in [-0.39, 0.29) is 69.1 Å². The van der Waals surface area contributed by atoms with Crippen molar-refractivity contribution in [1.29, 1.82) is 0 Å². The average Bonchev–Trinajstić information content (AvgIpc) is 3.54. The molecule has 23 heteroatoms. The highest BCUT2D eigenvalue weighted by Crippen LogP contribution is 2.18. The van der Waals surface area contributed by atoms with Gasteiger partial charge < -0.3 is 51.8 Å². The van der Waals surface area contributed by atoms with Crippen LogP contribution in [0, 0.1) is 16.0 Å². The predicted molar refractivity (Wildman–Crippen MR) is 216 cm³/mol. The van der Waals surface area contributed by atoms with Gasteiger partial charge in [0.1, 0.15) is 37.0 Å². The van der Waals surface area contributed by atoms with Crippen molar-refractivity contribution in [2.45, 2.75) is 64.3 Å². The Labute approximate surface area is 354 Å². The van der Waals surface area contributed by atoms with Gasteiger partial charge >= 0.3 is 12.2 Å². The molecule has 1 aliphatic rings. The molecule has 3 atom stereocenters. The number of nitrogens with zero attached hydrogens (tertiary/aromatic N) is 2. The first-order valence-electron chi connectivity index (χ1n) is 19.2. The number of nitro benzene ring substituents is 1. The van der Waals surface area contributed by atoms with Gasteiger partial charge in [0, 0.05) is 56.6 Å². The van der Waals surface area contributed by atoms with E-state index in [0.717, 1.165) is 24.3 Å². The number of nitrogens with two attached hydrogens (primary N) is 1. The Bertz CT molecular complexity index is 1970. The summed E-state index contributed by atoms with van der Waals surface area (Å²) in [5, 5.41) is 26.2. The topological polar surface area (TPSA) is 326 Å². The molecular weight excluding hydrogens is 818 g/mol. The second-order valence-electron chi connectivity index (χ2n) is 13.9. The number of carbonyl (C=O) groups excluding carboxylic acids is 9. The molecule has 0 aromatic heterocycles. The van der Waals surface area contributed by atoms with Gasteiger partial charge in [-0.1, -0.05) is 26.0 Å². The third-order valence-electron chi connectivity index (χ3n) is 8.82. The lowest BCUT2D eigenvalue weighted by atomic mass is 10.0. The van der Waals surface area contributed by atoms with E-state index in [1.807, 2.05) is 0 Å². The first-order valence-corrected chi connectivity index (χ1v) is 19.2. The number of anilines is 1. The number of nitrogens with one attached hydrogen (secondary N) is 6. The zero-order valence-electron chi connectivity index (χ0n) is 34.1. The van der Waals surface area contributed by atoms with Crippen LogP contribution in [-0.4, -0.2) is 115 Å². The van der Waals surface area contributed by atoms with E-state index < -0.39 is 89.0 Å². The van der Waals surface area contributed by atoms with Crippen molar-refractivity contribution in [1.82, 2.24) is 31.5 Å². The molecule has 334 valence electrons. The lowest BCUT2D eigenvalue weighted by molar-refractivity contribution is -0.384. The van der Waals surface area contributed by atoms with E-state index in [4.69, 9.17) is 19.9 Å². The second kappa shape index (κ2) is 24.6. The maximum absolute atomic E-state index is 13.8. The summed E-state index contributed by atoms with van der Waals surface area (Å²) in [7, 11) is 1.42. The maximum Gasteiger partial charge on any atom is 0.514 e. The van der Waals surface area contributed by atoms with Crippen molar-refractivity contribution < 1.29 is 62.3 Å². The summed E-state index contributed by atoms with van der Waals surface area (Å²) < 4.78 is 15.0. The van der Waals surface area contributed by atoms with Crippen LogP contribution in [0.15, 0.2) is 60.7 Å². The van der Waals surface area contributed by atoms with Crippen molar-refractivity contribution in [3.8, 4) is 5.75 Å². The van der Waals surface area contributed by atoms with Gasteiger partial charge in [-0.3, -0.25) is 48.6 Å². The van der Waals surface area contributed by atoms with E-state index in [2.05, 4.69) is 31.9 Å². The number of hydrogen-bond acceptors (Lipinski definition) is 14. The number of imide groups is 1. The largest absolute Gasteiger partial charge is 0.514 e. The van der Waals surface area contributed by atoms with Gasteiger partial charge in [-0.2, -0.15) is 0 Å². The maximum atomic E-state index is 13.8. The minimum atomic E-state index is -1.35. The number of non-ortho nitro benzene ring substituents is 1. The molecule has 3 rings (SSSR count). The molecule has 0 aliphatic carbocycles. The molecule has 8 N–H and O–H groups in total. The molecular formula is C39H49N9O14. The number of amides is 9. The molecule has 9 amide bonds. The Kier molecular flexibility index (Phi) is 19.4.